The van der Waals surface area contributed by atoms with Crippen LogP contribution in [0.3, 0.4) is 0 Å². The smallest absolute Gasteiger partial charge is 0.320 e. The van der Waals surface area contributed by atoms with Gasteiger partial charge in [0.1, 0.15) is 6.04 Å². The first-order valence-electron chi connectivity index (χ1n) is 5.48. The molecule has 0 heterocycles. The summed E-state index contributed by atoms with van der Waals surface area (Å²) in [5.41, 5.74) is 3.60. The van der Waals surface area contributed by atoms with Crippen molar-refractivity contribution in [1.82, 2.24) is 5.32 Å². The van der Waals surface area contributed by atoms with Gasteiger partial charge in [0, 0.05) is 6.04 Å². The normalized spacial score (nSPS) is 14.5. The van der Waals surface area contributed by atoms with E-state index in [1.54, 1.807) is 6.92 Å². The van der Waals surface area contributed by atoms with Gasteiger partial charge in [-0.05, 0) is 44.4 Å². The first kappa shape index (κ1) is 12.7. The zero-order valence-corrected chi connectivity index (χ0v) is 10.2. The van der Waals surface area contributed by atoms with Gasteiger partial charge in [-0.1, -0.05) is 18.2 Å². The molecule has 0 spiro atoms. The quantitative estimate of drug-likeness (QED) is 0.821. The Bertz CT molecular complexity index is 388. The van der Waals surface area contributed by atoms with E-state index in [1.807, 2.05) is 13.0 Å². The zero-order valence-electron chi connectivity index (χ0n) is 10.2. The lowest BCUT2D eigenvalue weighted by Crippen LogP contribution is -2.35. The molecule has 3 nitrogen and oxygen atoms in total. The Balaban J connectivity index is 2.76. The standard InChI is InChI=1S/C13H19NO2/c1-8-5-6-12(7-9(8)2)10(3)14-11(4)13(15)16/h5-7,10-11,14H,1-4H3,(H,15,16). The number of benzene rings is 1. The predicted octanol–water partition coefficient (Wildman–Crippen LogP) is 2.43. The average Bonchev–Trinajstić information content (AvgIpc) is 2.21. The molecule has 0 aliphatic heterocycles. The van der Waals surface area contributed by atoms with Gasteiger partial charge in [0.2, 0.25) is 0 Å². The van der Waals surface area contributed by atoms with Crippen molar-refractivity contribution in [3.8, 4) is 0 Å². The van der Waals surface area contributed by atoms with Crippen LogP contribution in [0.1, 0.15) is 36.6 Å². The highest BCUT2D eigenvalue weighted by atomic mass is 16.4. The topological polar surface area (TPSA) is 49.3 Å². The van der Waals surface area contributed by atoms with Crippen LogP contribution in [0.25, 0.3) is 0 Å². The molecule has 1 rings (SSSR count). The number of nitrogens with one attached hydrogen (secondary N) is 1. The van der Waals surface area contributed by atoms with Crippen molar-refractivity contribution in [3.05, 3.63) is 34.9 Å². The fourth-order valence-electron chi connectivity index (χ4n) is 1.58. The summed E-state index contributed by atoms with van der Waals surface area (Å²) in [5, 5.41) is 11.9. The lowest BCUT2D eigenvalue weighted by Gasteiger charge is -2.18. The highest BCUT2D eigenvalue weighted by Crippen LogP contribution is 2.17. The van der Waals surface area contributed by atoms with Crippen LogP contribution in [0.4, 0.5) is 0 Å². The minimum Gasteiger partial charge on any atom is -0.480 e. The van der Waals surface area contributed by atoms with E-state index in [2.05, 4.69) is 31.3 Å². The van der Waals surface area contributed by atoms with Crippen molar-refractivity contribution in [2.24, 2.45) is 0 Å². The molecule has 88 valence electrons. The van der Waals surface area contributed by atoms with Crippen LogP contribution in [-0.4, -0.2) is 17.1 Å². The molecule has 0 fully saturated rings. The number of aliphatic carboxylic acids is 1. The SMILES string of the molecule is Cc1ccc(C(C)NC(C)C(=O)O)cc1C. The second kappa shape index (κ2) is 5.12. The fraction of sp³-hybridized carbons (Fsp3) is 0.462. The third-order valence-corrected chi connectivity index (χ3v) is 2.90. The van der Waals surface area contributed by atoms with Gasteiger partial charge < -0.3 is 5.11 Å². The fourth-order valence-corrected chi connectivity index (χ4v) is 1.58. The van der Waals surface area contributed by atoms with E-state index in [-0.39, 0.29) is 6.04 Å². The van der Waals surface area contributed by atoms with Crippen molar-refractivity contribution in [2.45, 2.75) is 39.8 Å². The van der Waals surface area contributed by atoms with Crippen molar-refractivity contribution < 1.29 is 9.90 Å². The Kier molecular flexibility index (Phi) is 4.07. The molecule has 0 aliphatic carbocycles. The highest BCUT2D eigenvalue weighted by Gasteiger charge is 2.14. The Hall–Kier alpha value is -1.35. The summed E-state index contributed by atoms with van der Waals surface area (Å²) in [4.78, 5) is 10.7. The molecule has 0 saturated heterocycles. The summed E-state index contributed by atoms with van der Waals surface area (Å²) in [7, 11) is 0. The van der Waals surface area contributed by atoms with Gasteiger partial charge in [0.05, 0.1) is 0 Å². The third-order valence-electron chi connectivity index (χ3n) is 2.90. The zero-order chi connectivity index (χ0) is 12.3. The molecule has 2 N–H and O–H groups in total. The minimum atomic E-state index is -0.823. The molecule has 1 aromatic carbocycles. The van der Waals surface area contributed by atoms with E-state index in [0.29, 0.717) is 0 Å². The summed E-state index contributed by atoms with van der Waals surface area (Å²) in [6.45, 7) is 7.76. The second-order valence-electron chi connectivity index (χ2n) is 4.29. The molecule has 0 saturated carbocycles. The Morgan fingerprint density at radius 1 is 1.25 bits per heavy atom. The number of hydrogen-bond donors (Lipinski definition) is 2. The maximum absolute atomic E-state index is 10.7. The minimum absolute atomic E-state index is 0.0467. The van der Waals surface area contributed by atoms with Gasteiger partial charge in [0.15, 0.2) is 0 Å². The van der Waals surface area contributed by atoms with Crippen LogP contribution in [0.15, 0.2) is 18.2 Å². The van der Waals surface area contributed by atoms with Gasteiger partial charge in [-0.3, -0.25) is 10.1 Å². The molecule has 0 aliphatic rings. The molecular formula is C13H19NO2. The van der Waals surface area contributed by atoms with Crippen LogP contribution >= 0.6 is 0 Å². The van der Waals surface area contributed by atoms with Crippen LogP contribution in [0.5, 0.6) is 0 Å². The summed E-state index contributed by atoms with van der Waals surface area (Å²) >= 11 is 0. The lowest BCUT2D eigenvalue weighted by molar-refractivity contribution is -0.139. The van der Waals surface area contributed by atoms with Gasteiger partial charge >= 0.3 is 5.97 Å². The summed E-state index contributed by atoms with van der Waals surface area (Å²) in [5.74, 6) is -0.823. The molecule has 2 unspecified atom stereocenters. The van der Waals surface area contributed by atoms with Crippen LogP contribution in [0, 0.1) is 13.8 Å². The molecule has 0 aromatic heterocycles. The van der Waals surface area contributed by atoms with Crippen molar-refractivity contribution in [2.75, 3.05) is 0 Å². The monoisotopic (exact) mass is 221 g/mol. The van der Waals surface area contributed by atoms with Crippen LogP contribution < -0.4 is 5.32 Å². The van der Waals surface area contributed by atoms with Gasteiger partial charge in [-0.25, -0.2) is 0 Å². The van der Waals surface area contributed by atoms with E-state index < -0.39 is 12.0 Å². The van der Waals surface area contributed by atoms with Gasteiger partial charge in [0.25, 0.3) is 0 Å². The average molecular weight is 221 g/mol. The van der Waals surface area contributed by atoms with Crippen molar-refractivity contribution in [3.63, 3.8) is 0 Å². The molecule has 0 amide bonds. The number of aryl methyl sites for hydroxylation is 2. The number of rotatable bonds is 4. The summed E-state index contributed by atoms with van der Waals surface area (Å²) in [6, 6.07) is 5.71. The van der Waals surface area contributed by atoms with Crippen molar-refractivity contribution >= 4 is 5.97 Å². The third kappa shape index (κ3) is 3.07. The predicted molar refractivity (Wildman–Crippen MR) is 64.6 cm³/mol. The first-order valence-corrected chi connectivity index (χ1v) is 5.48. The Morgan fingerprint density at radius 3 is 2.38 bits per heavy atom. The maximum Gasteiger partial charge on any atom is 0.320 e. The molecule has 0 radical (unpaired) electrons. The highest BCUT2D eigenvalue weighted by molar-refractivity contribution is 5.72. The maximum atomic E-state index is 10.7. The number of carboxylic acid groups (broad SMARTS) is 1. The number of carboxylic acids is 1. The molecule has 16 heavy (non-hydrogen) atoms. The molecule has 1 aromatic rings. The molecule has 2 atom stereocenters. The van der Waals surface area contributed by atoms with Crippen molar-refractivity contribution in [1.29, 1.82) is 0 Å². The largest absolute Gasteiger partial charge is 0.480 e. The van der Waals surface area contributed by atoms with Gasteiger partial charge in [-0.2, -0.15) is 0 Å². The molecular weight excluding hydrogens is 202 g/mol. The first-order chi connectivity index (χ1) is 7.41. The summed E-state index contributed by atoms with van der Waals surface area (Å²) in [6.07, 6.45) is 0. The Labute approximate surface area is 96.5 Å². The molecule has 3 heteroatoms. The lowest BCUT2D eigenvalue weighted by atomic mass is 10.0. The van der Waals surface area contributed by atoms with Gasteiger partial charge in [-0.15, -0.1) is 0 Å². The van der Waals surface area contributed by atoms with E-state index in [4.69, 9.17) is 5.11 Å². The number of carbonyl (C=O) groups is 1. The Morgan fingerprint density at radius 2 is 1.88 bits per heavy atom. The van der Waals surface area contributed by atoms with E-state index >= 15 is 0 Å². The van der Waals surface area contributed by atoms with E-state index in [9.17, 15) is 4.79 Å². The van der Waals surface area contributed by atoms with E-state index in [0.717, 1.165) is 5.56 Å². The van der Waals surface area contributed by atoms with E-state index in [1.165, 1.54) is 11.1 Å². The second-order valence-corrected chi connectivity index (χ2v) is 4.29. The summed E-state index contributed by atoms with van der Waals surface area (Å²) < 4.78 is 0. The van der Waals surface area contributed by atoms with Crippen LogP contribution in [0.2, 0.25) is 0 Å². The molecule has 0 bridgehead atoms. The number of hydrogen-bond acceptors (Lipinski definition) is 2. The van der Waals surface area contributed by atoms with Crippen LogP contribution in [-0.2, 0) is 4.79 Å².